The first-order valence-electron chi connectivity index (χ1n) is 9.01. The molecule has 2 aromatic heterocycles. The minimum absolute atomic E-state index is 0.0643. The number of fused-ring (bicyclic) bond motifs is 2. The van der Waals surface area contributed by atoms with Gasteiger partial charge in [-0.25, -0.2) is 9.78 Å². The molecule has 1 N–H and O–H groups in total. The van der Waals surface area contributed by atoms with E-state index in [-0.39, 0.29) is 17.5 Å². The lowest BCUT2D eigenvalue weighted by Crippen LogP contribution is -2.47. The summed E-state index contributed by atoms with van der Waals surface area (Å²) >= 11 is 0. The van der Waals surface area contributed by atoms with Crippen LogP contribution in [0.25, 0.3) is 5.65 Å². The molecule has 7 heteroatoms. The maximum atomic E-state index is 13.2. The van der Waals surface area contributed by atoms with Gasteiger partial charge in [0, 0.05) is 18.4 Å². The zero-order valence-electron chi connectivity index (χ0n) is 14.6. The van der Waals surface area contributed by atoms with Gasteiger partial charge < -0.3 is 10.0 Å². The number of likely N-dealkylation sites (tertiary alicyclic amines) is 1. The third-order valence-corrected chi connectivity index (χ3v) is 5.69. The van der Waals surface area contributed by atoms with Gasteiger partial charge in [0.05, 0.1) is 0 Å². The summed E-state index contributed by atoms with van der Waals surface area (Å²) in [7, 11) is 0. The van der Waals surface area contributed by atoms with Crippen molar-refractivity contribution in [1.29, 1.82) is 0 Å². The highest BCUT2D eigenvalue weighted by atomic mass is 16.4. The molecule has 136 valence electrons. The summed E-state index contributed by atoms with van der Waals surface area (Å²) in [4.78, 5) is 43.4. The van der Waals surface area contributed by atoms with Gasteiger partial charge in [0.25, 0.3) is 11.5 Å². The van der Waals surface area contributed by atoms with E-state index >= 15 is 0 Å². The van der Waals surface area contributed by atoms with Gasteiger partial charge in [-0.05, 0) is 43.7 Å². The summed E-state index contributed by atoms with van der Waals surface area (Å²) in [6.45, 7) is 1.86. The van der Waals surface area contributed by atoms with Crippen molar-refractivity contribution in [2.45, 2.75) is 51.1 Å². The van der Waals surface area contributed by atoms with Crippen molar-refractivity contribution in [3.05, 3.63) is 46.0 Å². The lowest BCUT2D eigenvalue weighted by atomic mass is 9.84. The van der Waals surface area contributed by atoms with Crippen LogP contribution in [0.3, 0.4) is 0 Å². The van der Waals surface area contributed by atoms with Crippen molar-refractivity contribution in [2.24, 2.45) is 5.92 Å². The van der Waals surface area contributed by atoms with E-state index in [1.54, 1.807) is 12.3 Å². The van der Waals surface area contributed by atoms with Gasteiger partial charge in [-0.2, -0.15) is 0 Å². The molecule has 1 aliphatic carbocycles. The Labute approximate surface area is 150 Å². The molecule has 1 amide bonds. The van der Waals surface area contributed by atoms with Crippen LogP contribution in [0.4, 0.5) is 0 Å². The van der Waals surface area contributed by atoms with E-state index in [2.05, 4.69) is 4.98 Å². The Kier molecular flexibility index (Phi) is 4.01. The van der Waals surface area contributed by atoms with Crippen molar-refractivity contribution >= 4 is 17.5 Å². The van der Waals surface area contributed by atoms with Crippen molar-refractivity contribution in [1.82, 2.24) is 14.3 Å². The van der Waals surface area contributed by atoms with Gasteiger partial charge in [-0.15, -0.1) is 0 Å². The molecule has 0 bridgehead atoms. The Morgan fingerprint density at radius 2 is 2.00 bits per heavy atom. The lowest BCUT2D eigenvalue weighted by molar-refractivity contribution is -0.141. The molecule has 26 heavy (non-hydrogen) atoms. The van der Waals surface area contributed by atoms with Gasteiger partial charge >= 0.3 is 5.97 Å². The van der Waals surface area contributed by atoms with Crippen LogP contribution in [0.2, 0.25) is 0 Å². The fraction of sp³-hybridized carbons (Fsp3) is 0.474. The normalized spacial score (nSPS) is 25.3. The molecule has 3 heterocycles. The number of carbonyl (C=O) groups is 2. The average Bonchev–Trinajstić information content (AvgIpc) is 3.02. The molecule has 0 aromatic carbocycles. The number of nitrogens with zero attached hydrogens (tertiary/aromatic N) is 3. The zero-order valence-corrected chi connectivity index (χ0v) is 14.6. The van der Waals surface area contributed by atoms with Crippen LogP contribution in [0.15, 0.2) is 29.3 Å². The Balaban J connectivity index is 1.78. The molecule has 0 unspecified atom stereocenters. The maximum Gasteiger partial charge on any atom is 0.326 e. The SMILES string of the molecule is Cc1ccc2ncc(C(=O)N3[C@@H]4CCCC[C@@H]4C[C@H]3C(=O)O)c(=O)n2c1. The summed E-state index contributed by atoms with van der Waals surface area (Å²) in [5, 5.41) is 9.61. The van der Waals surface area contributed by atoms with Crippen LogP contribution in [0.1, 0.15) is 48.0 Å². The first kappa shape index (κ1) is 16.8. The number of aryl methyl sites for hydroxylation is 1. The number of carboxylic acids is 1. The van der Waals surface area contributed by atoms with Gasteiger partial charge in [0.15, 0.2) is 0 Å². The molecule has 1 saturated heterocycles. The fourth-order valence-corrected chi connectivity index (χ4v) is 4.44. The number of amides is 1. The minimum atomic E-state index is -1.00. The van der Waals surface area contributed by atoms with Crippen LogP contribution in [-0.4, -0.2) is 43.4 Å². The predicted octanol–water partition coefficient (Wildman–Crippen LogP) is 1.86. The molecular formula is C19H21N3O4. The second-order valence-electron chi connectivity index (χ2n) is 7.33. The summed E-state index contributed by atoms with van der Waals surface area (Å²) in [6, 6.07) is 2.60. The van der Waals surface area contributed by atoms with E-state index in [0.717, 1.165) is 31.2 Å². The molecule has 3 atom stereocenters. The average molecular weight is 355 g/mol. The zero-order chi connectivity index (χ0) is 18.4. The van der Waals surface area contributed by atoms with E-state index in [0.29, 0.717) is 12.1 Å². The number of pyridine rings is 1. The van der Waals surface area contributed by atoms with Crippen molar-refractivity contribution in [3.63, 3.8) is 0 Å². The maximum absolute atomic E-state index is 13.2. The third-order valence-electron chi connectivity index (χ3n) is 5.69. The first-order chi connectivity index (χ1) is 12.5. The van der Waals surface area contributed by atoms with Crippen LogP contribution in [-0.2, 0) is 4.79 Å². The van der Waals surface area contributed by atoms with Crippen molar-refractivity contribution in [2.75, 3.05) is 0 Å². The van der Waals surface area contributed by atoms with Crippen LogP contribution in [0, 0.1) is 12.8 Å². The lowest BCUT2D eigenvalue weighted by Gasteiger charge is -2.32. The predicted molar refractivity (Wildman–Crippen MR) is 94.2 cm³/mol. The third kappa shape index (κ3) is 2.58. The molecule has 1 aliphatic heterocycles. The standard InChI is InChI=1S/C19H21N3O4/c1-11-6-7-16-20-9-13(17(23)21(16)10-11)18(24)22-14-5-3-2-4-12(14)8-15(22)19(25)26/h6-7,9-10,12,14-15H,2-5,8H2,1H3,(H,25,26)/t12-,14-,15+/m1/s1. The number of hydrogen-bond donors (Lipinski definition) is 1. The van der Waals surface area contributed by atoms with E-state index in [1.807, 2.05) is 13.0 Å². The molecule has 2 fully saturated rings. The summed E-state index contributed by atoms with van der Waals surface area (Å²) in [5.41, 5.74) is 0.824. The number of carboxylic acid groups (broad SMARTS) is 1. The highest BCUT2D eigenvalue weighted by Crippen LogP contribution is 2.40. The quantitative estimate of drug-likeness (QED) is 0.888. The Bertz CT molecular complexity index is 951. The summed E-state index contributed by atoms with van der Waals surface area (Å²) in [5.74, 6) is -1.31. The highest BCUT2D eigenvalue weighted by Gasteiger charge is 2.48. The molecule has 2 aromatic rings. The van der Waals surface area contributed by atoms with E-state index < -0.39 is 23.5 Å². The van der Waals surface area contributed by atoms with Crippen molar-refractivity contribution in [3.8, 4) is 0 Å². The largest absolute Gasteiger partial charge is 0.480 e. The second-order valence-corrected chi connectivity index (χ2v) is 7.33. The second kappa shape index (κ2) is 6.23. The Morgan fingerprint density at radius 3 is 2.77 bits per heavy atom. The number of hydrogen-bond acceptors (Lipinski definition) is 4. The summed E-state index contributed by atoms with van der Waals surface area (Å²) in [6.07, 6.45) is 7.16. The number of rotatable bonds is 2. The van der Waals surface area contributed by atoms with Gasteiger partial charge in [0.2, 0.25) is 0 Å². The molecule has 0 radical (unpaired) electrons. The summed E-state index contributed by atoms with van der Waals surface area (Å²) < 4.78 is 1.35. The van der Waals surface area contributed by atoms with Crippen LogP contribution < -0.4 is 5.56 Å². The number of carbonyl (C=O) groups excluding carboxylic acids is 1. The molecular weight excluding hydrogens is 334 g/mol. The molecule has 0 spiro atoms. The number of aromatic nitrogens is 2. The Morgan fingerprint density at radius 1 is 1.23 bits per heavy atom. The topological polar surface area (TPSA) is 92.0 Å². The van der Waals surface area contributed by atoms with Gasteiger partial charge in [-0.3, -0.25) is 14.0 Å². The Hall–Kier alpha value is -2.70. The fourth-order valence-electron chi connectivity index (χ4n) is 4.44. The molecule has 7 nitrogen and oxygen atoms in total. The van der Waals surface area contributed by atoms with E-state index in [4.69, 9.17) is 0 Å². The van der Waals surface area contributed by atoms with Crippen LogP contribution in [0.5, 0.6) is 0 Å². The smallest absolute Gasteiger partial charge is 0.326 e. The molecule has 4 rings (SSSR count). The number of aliphatic carboxylic acids is 1. The molecule has 2 aliphatic rings. The van der Waals surface area contributed by atoms with Gasteiger partial charge in [-0.1, -0.05) is 18.9 Å². The van der Waals surface area contributed by atoms with Gasteiger partial charge in [0.1, 0.15) is 17.3 Å². The van der Waals surface area contributed by atoms with Crippen molar-refractivity contribution < 1.29 is 14.7 Å². The van der Waals surface area contributed by atoms with Crippen LogP contribution >= 0.6 is 0 Å². The van der Waals surface area contributed by atoms with E-state index in [1.165, 1.54) is 15.5 Å². The molecule has 1 saturated carbocycles. The first-order valence-corrected chi connectivity index (χ1v) is 9.01. The van der Waals surface area contributed by atoms with E-state index in [9.17, 15) is 19.5 Å². The highest BCUT2D eigenvalue weighted by molar-refractivity contribution is 5.97. The minimum Gasteiger partial charge on any atom is -0.480 e. The monoisotopic (exact) mass is 355 g/mol.